The summed E-state index contributed by atoms with van der Waals surface area (Å²) in [6.45, 7) is 0. The number of fused-ring (bicyclic) bond motifs is 1. The van der Waals surface area contributed by atoms with Crippen molar-refractivity contribution in [1.82, 2.24) is 5.17 Å². The van der Waals surface area contributed by atoms with Gasteiger partial charge in [-0.3, -0.25) is 4.79 Å². The molecule has 1 aromatic carbocycles. The van der Waals surface area contributed by atoms with Gasteiger partial charge in [0.05, 0.1) is 14.2 Å². The van der Waals surface area contributed by atoms with Gasteiger partial charge in [0.2, 0.25) is 0 Å². The first-order chi connectivity index (χ1) is 11.5. The molecule has 126 valence electrons. The molecule has 2 atom stereocenters. The Morgan fingerprint density at radius 1 is 1.29 bits per heavy atom. The molecule has 0 spiro atoms. The molecule has 3 rings (SSSR count). The van der Waals surface area contributed by atoms with Crippen molar-refractivity contribution in [2.75, 3.05) is 14.2 Å². The van der Waals surface area contributed by atoms with Gasteiger partial charge in [-0.15, -0.1) is 0 Å². The van der Waals surface area contributed by atoms with Crippen molar-refractivity contribution in [2.24, 2.45) is 0 Å². The molecular formula is C15H14N2O7. The van der Waals surface area contributed by atoms with Gasteiger partial charge >= 0.3 is 17.7 Å². The minimum Gasteiger partial charge on any atom is -0.594 e. The minimum atomic E-state index is -2.04. The van der Waals surface area contributed by atoms with Crippen molar-refractivity contribution in [3.8, 4) is 0 Å². The van der Waals surface area contributed by atoms with Crippen LogP contribution in [0.5, 0.6) is 0 Å². The van der Waals surface area contributed by atoms with E-state index in [0.717, 1.165) is 14.2 Å². The summed E-state index contributed by atoms with van der Waals surface area (Å²) in [5, 5.41) is 12.9. The van der Waals surface area contributed by atoms with Gasteiger partial charge < -0.3 is 14.7 Å². The zero-order valence-electron chi connectivity index (χ0n) is 12.9. The second-order valence-electron chi connectivity index (χ2n) is 5.28. The van der Waals surface area contributed by atoms with E-state index >= 15 is 0 Å². The Hall–Kier alpha value is -2.94. The summed E-state index contributed by atoms with van der Waals surface area (Å²) in [4.78, 5) is 42.2. The molecule has 0 saturated carbocycles. The average Bonchev–Trinajstić information content (AvgIpc) is 3.11. The molecule has 0 N–H and O–H groups in total. The highest BCUT2D eigenvalue weighted by molar-refractivity contribution is 6.66. The molecule has 24 heavy (non-hydrogen) atoms. The second kappa shape index (κ2) is 5.60. The third-order valence-electron chi connectivity index (χ3n) is 4.05. The molecule has 1 aromatic rings. The van der Waals surface area contributed by atoms with Crippen LogP contribution in [0.15, 0.2) is 30.3 Å². The number of Topliss-reactive ketones (excluding diaryl/α,β-unsaturated/α-hetero) is 1. The van der Waals surface area contributed by atoms with E-state index < -0.39 is 35.1 Å². The molecule has 0 aliphatic carbocycles. The average molecular weight is 334 g/mol. The molecule has 9 heteroatoms. The van der Waals surface area contributed by atoms with Crippen molar-refractivity contribution in [3.05, 3.63) is 41.1 Å². The van der Waals surface area contributed by atoms with Crippen LogP contribution >= 0.6 is 0 Å². The first-order valence-electron chi connectivity index (χ1n) is 7.05. The van der Waals surface area contributed by atoms with Gasteiger partial charge in [0, 0.05) is 6.42 Å². The number of rotatable bonds is 3. The maximum atomic E-state index is 12.7. The second-order valence-corrected chi connectivity index (χ2v) is 5.28. The Labute approximate surface area is 136 Å². The fourth-order valence-electron chi connectivity index (χ4n) is 2.88. The van der Waals surface area contributed by atoms with E-state index in [1.165, 1.54) is 0 Å². The lowest BCUT2D eigenvalue weighted by Gasteiger charge is -2.21. The van der Waals surface area contributed by atoms with Gasteiger partial charge in [-0.1, -0.05) is 30.3 Å². The van der Waals surface area contributed by atoms with Crippen molar-refractivity contribution >= 4 is 23.4 Å². The molecule has 2 aliphatic heterocycles. The number of carbonyl (C=O) groups is 3. The topological polar surface area (TPSA) is 108 Å². The largest absolute Gasteiger partial charge is 0.594 e. The molecule has 0 aromatic heterocycles. The van der Waals surface area contributed by atoms with Crippen LogP contribution in [0.2, 0.25) is 0 Å². The lowest BCUT2D eigenvalue weighted by atomic mass is 9.86. The van der Waals surface area contributed by atoms with E-state index in [2.05, 4.69) is 4.74 Å². The van der Waals surface area contributed by atoms with Crippen molar-refractivity contribution in [1.29, 1.82) is 0 Å². The van der Waals surface area contributed by atoms with Crippen LogP contribution in [-0.4, -0.2) is 53.2 Å². The van der Waals surface area contributed by atoms with Crippen LogP contribution in [0.25, 0.3) is 0 Å². The predicted molar refractivity (Wildman–Crippen MR) is 77.1 cm³/mol. The van der Waals surface area contributed by atoms with Crippen LogP contribution in [0, 0.1) is 5.21 Å². The van der Waals surface area contributed by atoms with Crippen molar-refractivity contribution in [3.63, 3.8) is 0 Å². The summed E-state index contributed by atoms with van der Waals surface area (Å²) in [6, 6.07) is 8.79. The Morgan fingerprint density at radius 3 is 2.54 bits per heavy atom. The minimum absolute atomic E-state index is 0.0476. The Balaban J connectivity index is 2.07. The number of hydrazine groups is 1. The summed E-state index contributed by atoms with van der Waals surface area (Å²) in [6.07, 6.45) is -0.883. The Morgan fingerprint density at radius 2 is 1.96 bits per heavy atom. The van der Waals surface area contributed by atoms with Crippen LogP contribution in [-0.2, 0) is 28.7 Å². The number of ether oxygens (including phenoxy) is 2. The number of hydrogen-bond donors (Lipinski definition) is 0. The van der Waals surface area contributed by atoms with Crippen molar-refractivity contribution in [2.45, 2.75) is 18.1 Å². The third kappa shape index (κ3) is 1.98. The molecule has 0 radical (unpaired) electrons. The number of ketones is 1. The lowest BCUT2D eigenvalue weighted by Crippen LogP contribution is -2.54. The van der Waals surface area contributed by atoms with Crippen LogP contribution in [0.1, 0.15) is 18.1 Å². The molecular weight excluding hydrogens is 320 g/mol. The van der Waals surface area contributed by atoms with Gasteiger partial charge in [0.25, 0.3) is 11.3 Å². The number of esters is 2. The first kappa shape index (κ1) is 15.9. The molecule has 0 bridgehead atoms. The number of nitrogens with zero attached hydrogens (tertiary/aromatic N) is 2. The van der Waals surface area contributed by atoms with Gasteiger partial charge in [-0.2, -0.15) is 0 Å². The molecule has 9 nitrogen and oxygen atoms in total. The fourth-order valence-corrected chi connectivity index (χ4v) is 2.88. The number of carbonyl (C=O) groups excluding carboxylic acids is 3. The Kier molecular flexibility index (Phi) is 3.72. The van der Waals surface area contributed by atoms with Gasteiger partial charge in [-0.05, 0) is 15.6 Å². The number of benzene rings is 1. The summed E-state index contributed by atoms with van der Waals surface area (Å²) in [5.41, 5.74) is -2.19. The molecule has 2 aliphatic rings. The van der Waals surface area contributed by atoms with Gasteiger partial charge in [-0.25, -0.2) is 14.4 Å². The predicted octanol–water partition coefficient (Wildman–Crippen LogP) is -0.101. The van der Waals surface area contributed by atoms with Crippen LogP contribution in [0.4, 0.5) is 0 Å². The maximum Gasteiger partial charge on any atom is 0.411 e. The summed E-state index contributed by atoms with van der Waals surface area (Å²) >= 11 is 0. The van der Waals surface area contributed by atoms with Crippen LogP contribution < -0.4 is 0 Å². The van der Waals surface area contributed by atoms with E-state index in [1.807, 2.05) is 0 Å². The number of hydroxylamine groups is 1. The lowest BCUT2D eigenvalue weighted by molar-refractivity contribution is -0.716. The molecule has 2 heterocycles. The highest BCUT2D eigenvalue weighted by atomic mass is 16.8. The van der Waals surface area contributed by atoms with E-state index in [4.69, 9.17) is 9.57 Å². The molecule has 0 amide bonds. The van der Waals surface area contributed by atoms with E-state index in [0.29, 0.717) is 10.7 Å². The van der Waals surface area contributed by atoms with E-state index in [9.17, 15) is 19.6 Å². The van der Waals surface area contributed by atoms with Gasteiger partial charge in [0.15, 0.2) is 0 Å². The SMILES string of the molecule is COC(=O)C1=[N+]([O-])N2O[C@H](c3ccccc3)C[C@@]2(C(=O)OC)C1=O. The fraction of sp³-hybridized carbons (Fsp3) is 0.333. The first-order valence-corrected chi connectivity index (χ1v) is 7.05. The van der Waals surface area contributed by atoms with E-state index in [-0.39, 0.29) is 11.3 Å². The molecule has 0 unspecified atom stereocenters. The molecule has 1 fully saturated rings. The number of hydrogen-bond acceptors (Lipinski definition) is 8. The zero-order valence-corrected chi connectivity index (χ0v) is 12.9. The van der Waals surface area contributed by atoms with Crippen molar-refractivity contribution < 1.29 is 33.5 Å². The zero-order chi connectivity index (χ0) is 17.5. The maximum absolute atomic E-state index is 12.7. The summed E-state index contributed by atoms with van der Waals surface area (Å²) < 4.78 is 9.13. The normalized spacial score (nSPS) is 25.7. The van der Waals surface area contributed by atoms with E-state index in [1.54, 1.807) is 30.3 Å². The van der Waals surface area contributed by atoms with Crippen LogP contribution in [0.3, 0.4) is 0 Å². The Bertz CT molecular complexity index is 745. The smallest absolute Gasteiger partial charge is 0.411 e. The number of hydrazone groups is 1. The summed E-state index contributed by atoms with van der Waals surface area (Å²) in [7, 11) is 2.11. The highest BCUT2D eigenvalue weighted by Gasteiger charge is 2.72. The summed E-state index contributed by atoms with van der Waals surface area (Å²) in [5.74, 6) is -3.13. The standard InChI is InChI=1S/C15H14N2O7/c1-22-13(19)11-12(18)15(14(20)23-2)8-10(24-17(15)16(11)21)9-6-4-3-5-7-9/h3-7,10H,8H2,1-2H3/t10-,15-/m0/s1. The monoisotopic (exact) mass is 334 g/mol. The highest BCUT2D eigenvalue weighted by Crippen LogP contribution is 2.44. The number of methoxy groups -OCH3 is 2. The van der Waals surface area contributed by atoms with Gasteiger partial charge in [0.1, 0.15) is 6.10 Å². The third-order valence-corrected chi connectivity index (χ3v) is 4.05. The molecule has 1 saturated heterocycles. The quantitative estimate of drug-likeness (QED) is 0.326.